The maximum Gasteiger partial charge on any atom is 0.223 e. The molecular weight excluding hydrogens is 307 g/mol. The first-order valence-electron chi connectivity index (χ1n) is 6.24. The van der Waals surface area contributed by atoms with E-state index in [-0.39, 0.29) is 17.7 Å². The lowest BCUT2D eigenvalue weighted by atomic mass is 10.0. The van der Waals surface area contributed by atoms with Gasteiger partial charge in [-0.3, -0.25) is 0 Å². The smallest absolute Gasteiger partial charge is 0.223 e. The molecular formula is C12H19Cl3N4. The first kappa shape index (κ1) is 16.9. The van der Waals surface area contributed by atoms with Crippen LogP contribution in [0.2, 0.25) is 10.4 Å². The van der Waals surface area contributed by atoms with Crippen LogP contribution in [0.3, 0.4) is 0 Å². The predicted octanol–water partition coefficient (Wildman–Crippen LogP) is 2.78. The van der Waals surface area contributed by atoms with Crippen LogP contribution in [-0.4, -0.2) is 41.0 Å². The van der Waals surface area contributed by atoms with Crippen molar-refractivity contribution in [2.75, 3.05) is 20.1 Å². The largest absolute Gasteiger partial charge is 0.313 e. The number of piperidine rings is 1. The summed E-state index contributed by atoms with van der Waals surface area (Å²) in [5, 5.41) is 4.17. The molecule has 1 N–H and O–H groups in total. The number of hydrogen-bond acceptors (Lipinski definition) is 4. The Hall–Kier alpha value is -0.130. The summed E-state index contributed by atoms with van der Waals surface area (Å²) >= 11 is 11.7. The summed E-state index contributed by atoms with van der Waals surface area (Å²) < 4.78 is 0. The average Bonchev–Trinajstić information content (AvgIpc) is 2.34. The molecule has 1 aromatic heterocycles. The number of hydrogen-bond donors (Lipinski definition) is 1. The minimum absolute atomic E-state index is 0. The maximum absolute atomic E-state index is 6.04. The van der Waals surface area contributed by atoms with Crippen LogP contribution in [0.1, 0.15) is 24.8 Å². The molecule has 4 nitrogen and oxygen atoms in total. The summed E-state index contributed by atoms with van der Waals surface area (Å²) in [4.78, 5) is 10.2. The molecule has 2 heterocycles. The van der Waals surface area contributed by atoms with Crippen LogP contribution < -0.4 is 5.32 Å². The van der Waals surface area contributed by atoms with Crippen LogP contribution in [0.15, 0.2) is 6.20 Å². The van der Waals surface area contributed by atoms with E-state index in [1.54, 1.807) is 6.20 Å². The number of aromatic nitrogens is 2. The first-order valence-corrected chi connectivity index (χ1v) is 6.99. The summed E-state index contributed by atoms with van der Waals surface area (Å²) in [6.45, 7) is 2.89. The topological polar surface area (TPSA) is 41.1 Å². The van der Waals surface area contributed by atoms with Crippen molar-refractivity contribution in [3.8, 4) is 0 Å². The molecule has 0 aromatic carbocycles. The molecule has 0 bridgehead atoms. The molecule has 1 aliphatic rings. The van der Waals surface area contributed by atoms with E-state index < -0.39 is 0 Å². The number of likely N-dealkylation sites (N-methyl/N-ethyl adjacent to an activating group) is 1. The Labute approximate surface area is 130 Å². The van der Waals surface area contributed by atoms with Gasteiger partial charge in [-0.1, -0.05) is 18.0 Å². The summed E-state index contributed by atoms with van der Waals surface area (Å²) in [5.41, 5.74) is 0.916. The van der Waals surface area contributed by atoms with Gasteiger partial charge in [0.25, 0.3) is 0 Å². The van der Waals surface area contributed by atoms with Crippen molar-refractivity contribution in [2.45, 2.75) is 31.8 Å². The Bertz CT molecular complexity index is 397. The monoisotopic (exact) mass is 324 g/mol. The summed E-state index contributed by atoms with van der Waals surface area (Å²) in [5.74, 6) is 0. The number of nitrogens with zero attached hydrogens (tertiary/aromatic N) is 3. The molecule has 1 aromatic rings. The Morgan fingerprint density at radius 2 is 2.21 bits per heavy atom. The molecule has 1 aliphatic heterocycles. The average molecular weight is 326 g/mol. The quantitative estimate of drug-likeness (QED) is 0.683. The molecule has 0 amide bonds. The Balaban J connectivity index is 0.00000180. The van der Waals surface area contributed by atoms with Gasteiger partial charge in [0.1, 0.15) is 5.15 Å². The fourth-order valence-corrected chi connectivity index (χ4v) is 2.65. The van der Waals surface area contributed by atoms with E-state index in [0.29, 0.717) is 11.2 Å². The molecule has 7 heteroatoms. The lowest BCUT2D eigenvalue weighted by Crippen LogP contribution is -2.42. The normalized spacial score (nSPS) is 19.3. The number of rotatable bonds is 4. The molecule has 0 radical (unpaired) electrons. The van der Waals surface area contributed by atoms with Crippen LogP contribution in [0, 0.1) is 0 Å². The lowest BCUT2D eigenvalue weighted by Gasteiger charge is -2.28. The standard InChI is InChI=1S/C12H18Cl2N4.ClH/c1-18(8-10-4-2-3-5-15-10)7-9-6-16-12(14)17-11(9)13;/h6,10,15H,2-5,7-8H2,1H3;1H. The van der Waals surface area contributed by atoms with Crippen molar-refractivity contribution < 1.29 is 0 Å². The van der Waals surface area contributed by atoms with Gasteiger partial charge in [0, 0.05) is 30.9 Å². The molecule has 19 heavy (non-hydrogen) atoms. The van der Waals surface area contributed by atoms with Gasteiger partial charge >= 0.3 is 0 Å². The van der Waals surface area contributed by atoms with Crippen molar-refractivity contribution in [3.63, 3.8) is 0 Å². The third-order valence-electron chi connectivity index (χ3n) is 3.17. The van der Waals surface area contributed by atoms with E-state index in [9.17, 15) is 0 Å². The highest BCUT2D eigenvalue weighted by Gasteiger charge is 2.15. The van der Waals surface area contributed by atoms with Gasteiger partial charge in [-0.15, -0.1) is 12.4 Å². The van der Waals surface area contributed by atoms with Crippen LogP contribution in [0.4, 0.5) is 0 Å². The van der Waals surface area contributed by atoms with Crippen LogP contribution in [0.25, 0.3) is 0 Å². The second kappa shape index (κ2) is 8.22. The Morgan fingerprint density at radius 3 is 2.84 bits per heavy atom. The Kier molecular flexibility index (Phi) is 7.32. The van der Waals surface area contributed by atoms with Gasteiger partial charge < -0.3 is 10.2 Å². The second-order valence-electron chi connectivity index (χ2n) is 4.80. The Morgan fingerprint density at radius 1 is 1.42 bits per heavy atom. The lowest BCUT2D eigenvalue weighted by molar-refractivity contribution is 0.256. The third kappa shape index (κ3) is 5.40. The fraction of sp³-hybridized carbons (Fsp3) is 0.667. The number of nitrogens with one attached hydrogen (secondary N) is 1. The van der Waals surface area contributed by atoms with E-state index >= 15 is 0 Å². The van der Waals surface area contributed by atoms with Crippen molar-refractivity contribution in [1.82, 2.24) is 20.2 Å². The summed E-state index contributed by atoms with van der Waals surface area (Å²) in [6, 6.07) is 0.579. The molecule has 108 valence electrons. The predicted molar refractivity (Wildman–Crippen MR) is 81.3 cm³/mol. The van der Waals surface area contributed by atoms with Crippen molar-refractivity contribution in [3.05, 3.63) is 22.2 Å². The third-order valence-corrected chi connectivity index (χ3v) is 3.68. The number of halogens is 3. The van der Waals surface area contributed by atoms with E-state index in [1.165, 1.54) is 19.3 Å². The van der Waals surface area contributed by atoms with Crippen LogP contribution in [-0.2, 0) is 6.54 Å². The van der Waals surface area contributed by atoms with Gasteiger partial charge in [-0.05, 0) is 38.0 Å². The minimum Gasteiger partial charge on any atom is -0.313 e. The first-order chi connectivity index (χ1) is 8.65. The molecule has 0 aliphatic carbocycles. The second-order valence-corrected chi connectivity index (χ2v) is 5.49. The van der Waals surface area contributed by atoms with Gasteiger partial charge in [0.15, 0.2) is 0 Å². The van der Waals surface area contributed by atoms with E-state index in [4.69, 9.17) is 23.2 Å². The highest BCUT2D eigenvalue weighted by Crippen LogP contribution is 2.16. The van der Waals surface area contributed by atoms with Gasteiger partial charge in [0.05, 0.1) is 0 Å². The molecule has 2 rings (SSSR count). The maximum atomic E-state index is 6.04. The van der Waals surface area contributed by atoms with Crippen molar-refractivity contribution in [2.24, 2.45) is 0 Å². The zero-order valence-corrected chi connectivity index (χ0v) is 13.2. The van der Waals surface area contributed by atoms with Gasteiger partial charge in [-0.2, -0.15) is 0 Å². The fourth-order valence-electron chi connectivity index (χ4n) is 2.28. The molecule has 0 spiro atoms. The highest BCUT2D eigenvalue weighted by molar-refractivity contribution is 6.32. The molecule has 1 unspecified atom stereocenters. The summed E-state index contributed by atoms with van der Waals surface area (Å²) in [7, 11) is 2.08. The minimum atomic E-state index is 0. The highest BCUT2D eigenvalue weighted by atomic mass is 35.5. The van der Waals surface area contributed by atoms with E-state index in [0.717, 1.165) is 25.2 Å². The van der Waals surface area contributed by atoms with Crippen LogP contribution in [0.5, 0.6) is 0 Å². The van der Waals surface area contributed by atoms with E-state index in [1.807, 2.05) is 0 Å². The molecule has 1 atom stereocenters. The molecule has 1 fully saturated rings. The van der Waals surface area contributed by atoms with Gasteiger partial charge in [-0.25, -0.2) is 9.97 Å². The van der Waals surface area contributed by atoms with Crippen molar-refractivity contribution >= 4 is 35.6 Å². The van der Waals surface area contributed by atoms with Crippen molar-refractivity contribution in [1.29, 1.82) is 0 Å². The SMILES string of the molecule is CN(Cc1cnc(Cl)nc1Cl)CC1CCCCN1.Cl. The summed E-state index contributed by atoms with van der Waals surface area (Å²) in [6.07, 6.45) is 5.55. The zero-order valence-electron chi connectivity index (χ0n) is 10.9. The molecule has 0 saturated carbocycles. The zero-order chi connectivity index (χ0) is 13.0. The molecule has 1 saturated heterocycles. The van der Waals surface area contributed by atoms with Crippen LogP contribution >= 0.6 is 35.6 Å². The van der Waals surface area contributed by atoms with Gasteiger partial charge in [0.2, 0.25) is 5.28 Å². The van der Waals surface area contributed by atoms with E-state index in [2.05, 4.69) is 27.2 Å².